The molecule has 0 saturated carbocycles. The number of amides is 2. The largest absolute Gasteiger partial charge is 0.363 e. The van der Waals surface area contributed by atoms with Crippen LogP contribution in [0.15, 0.2) is 53.0 Å². The first-order chi connectivity index (χ1) is 11.5. The third kappa shape index (κ3) is 3.14. The molecular weight excluding hydrogens is 370 g/mol. The summed E-state index contributed by atoms with van der Waals surface area (Å²) in [6.45, 7) is 4.00. The smallest absolute Gasteiger partial charge is 0.276 e. The van der Waals surface area contributed by atoms with E-state index in [2.05, 4.69) is 26.7 Å². The summed E-state index contributed by atoms with van der Waals surface area (Å²) >= 11 is 3.34. The zero-order valence-corrected chi connectivity index (χ0v) is 15.0. The maximum absolute atomic E-state index is 12.8. The first-order valence-electron chi connectivity index (χ1n) is 7.73. The average Bonchev–Trinajstić information content (AvgIpc) is 2.57. The lowest BCUT2D eigenvalue weighted by Crippen LogP contribution is -2.59. The normalized spacial score (nSPS) is 16.6. The van der Waals surface area contributed by atoms with Gasteiger partial charge in [0, 0.05) is 15.7 Å². The van der Waals surface area contributed by atoms with E-state index in [9.17, 15) is 9.59 Å². The van der Waals surface area contributed by atoms with Gasteiger partial charge in [-0.1, -0.05) is 41.9 Å². The SMILES string of the molecule is CC(C)C1Nc2ccccc2C(=O)N1NC(=O)c1ccc(Br)cc1. The van der Waals surface area contributed by atoms with E-state index in [1.807, 2.05) is 32.0 Å². The van der Waals surface area contributed by atoms with E-state index in [1.54, 1.807) is 30.3 Å². The van der Waals surface area contributed by atoms with Gasteiger partial charge in [0.2, 0.25) is 0 Å². The maximum atomic E-state index is 12.8. The Bertz CT molecular complexity index is 774. The van der Waals surface area contributed by atoms with Crippen molar-refractivity contribution in [2.24, 2.45) is 5.92 Å². The number of nitrogens with one attached hydrogen (secondary N) is 2. The Hall–Kier alpha value is -2.34. The van der Waals surface area contributed by atoms with E-state index < -0.39 is 0 Å². The molecule has 24 heavy (non-hydrogen) atoms. The molecule has 1 unspecified atom stereocenters. The van der Waals surface area contributed by atoms with Gasteiger partial charge in [-0.15, -0.1) is 0 Å². The molecule has 3 rings (SSSR count). The van der Waals surface area contributed by atoms with Crippen molar-refractivity contribution < 1.29 is 9.59 Å². The van der Waals surface area contributed by atoms with Crippen molar-refractivity contribution in [1.82, 2.24) is 10.4 Å². The second kappa shape index (κ2) is 6.65. The van der Waals surface area contributed by atoms with Gasteiger partial charge < -0.3 is 5.32 Å². The van der Waals surface area contributed by atoms with Gasteiger partial charge in [0.05, 0.1) is 5.56 Å². The van der Waals surface area contributed by atoms with E-state index in [4.69, 9.17) is 0 Å². The maximum Gasteiger partial charge on any atom is 0.276 e. The van der Waals surface area contributed by atoms with Crippen LogP contribution in [0, 0.1) is 5.92 Å². The third-order valence-electron chi connectivity index (χ3n) is 3.92. The highest BCUT2D eigenvalue weighted by Gasteiger charge is 2.34. The molecule has 124 valence electrons. The van der Waals surface area contributed by atoms with Crippen LogP contribution in [0.5, 0.6) is 0 Å². The van der Waals surface area contributed by atoms with Gasteiger partial charge in [0.1, 0.15) is 6.17 Å². The van der Waals surface area contributed by atoms with Crippen LogP contribution in [0.1, 0.15) is 34.6 Å². The Labute approximate surface area is 149 Å². The zero-order chi connectivity index (χ0) is 17.3. The number of fused-ring (bicyclic) bond motifs is 1. The number of hydrogen-bond acceptors (Lipinski definition) is 3. The van der Waals surface area contributed by atoms with Gasteiger partial charge in [-0.2, -0.15) is 0 Å². The molecule has 0 aliphatic carbocycles. The molecule has 2 N–H and O–H groups in total. The van der Waals surface area contributed by atoms with Gasteiger partial charge >= 0.3 is 0 Å². The summed E-state index contributed by atoms with van der Waals surface area (Å²) in [5.41, 5.74) is 4.57. The summed E-state index contributed by atoms with van der Waals surface area (Å²) in [4.78, 5) is 25.3. The second-order valence-corrected chi connectivity index (χ2v) is 6.92. The molecule has 6 heteroatoms. The fourth-order valence-corrected chi connectivity index (χ4v) is 2.90. The van der Waals surface area contributed by atoms with E-state index in [0.717, 1.165) is 10.2 Å². The summed E-state index contributed by atoms with van der Waals surface area (Å²) in [5, 5.41) is 4.71. The average molecular weight is 388 g/mol. The number of hydrazine groups is 1. The Balaban J connectivity index is 1.88. The molecule has 2 aromatic carbocycles. The molecule has 0 fully saturated rings. The first kappa shape index (κ1) is 16.5. The van der Waals surface area contributed by atoms with Crippen LogP contribution in [-0.2, 0) is 0 Å². The van der Waals surface area contributed by atoms with Gasteiger partial charge in [-0.3, -0.25) is 15.0 Å². The highest BCUT2D eigenvalue weighted by atomic mass is 79.9. The number of hydrogen-bond donors (Lipinski definition) is 2. The van der Waals surface area contributed by atoms with Crippen LogP contribution in [-0.4, -0.2) is 23.0 Å². The minimum absolute atomic E-state index is 0.118. The van der Waals surface area contributed by atoms with Gasteiger partial charge in [0.15, 0.2) is 0 Å². The number of halogens is 1. The van der Waals surface area contributed by atoms with Crippen molar-refractivity contribution in [2.45, 2.75) is 20.0 Å². The summed E-state index contributed by atoms with van der Waals surface area (Å²) in [7, 11) is 0. The Kier molecular flexibility index (Phi) is 4.57. The molecule has 1 aliphatic heterocycles. The van der Waals surface area contributed by atoms with Gasteiger partial charge in [-0.05, 0) is 42.3 Å². The molecule has 0 aromatic heterocycles. The predicted octanol–water partition coefficient (Wildman–Crippen LogP) is 3.64. The lowest BCUT2D eigenvalue weighted by Gasteiger charge is -2.39. The third-order valence-corrected chi connectivity index (χ3v) is 4.45. The quantitative estimate of drug-likeness (QED) is 0.844. The van der Waals surface area contributed by atoms with Crippen LogP contribution >= 0.6 is 15.9 Å². The molecule has 0 saturated heterocycles. The van der Waals surface area contributed by atoms with Crippen molar-refractivity contribution in [2.75, 3.05) is 5.32 Å². The van der Waals surface area contributed by atoms with Crippen molar-refractivity contribution in [1.29, 1.82) is 0 Å². The van der Waals surface area contributed by atoms with E-state index in [-0.39, 0.29) is 23.9 Å². The number of anilines is 1. The molecule has 5 nitrogen and oxygen atoms in total. The van der Waals surface area contributed by atoms with Crippen molar-refractivity contribution in [3.63, 3.8) is 0 Å². The number of benzene rings is 2. The molecule has 0 bridgehead atoms. The number of carbonyl (C=O) groups excluding carboxylic acids is 2. The zero-order valence-electron chi connectivity index (χ0n) is 13.4. The summed E-state index contributed by atoms with van der Waals surface area (Å²) in [6.07, 6.45) is -0.313. The molecular formula is C18H18BrN3O2. The Morgan fingerprint density at radius 2 is 1.83 bits per heavy atom. The fourth-order valence-electron chi connectivity index (χ4n) is 2.64. The predicted molar refractivity (Wildman–Crippen MR) is 96.5 cm³/mol. The minimum atomic E-state index is -0.317. The molecule has 0 radical (unpaired) electrons. The molecule has 1 heterocycles. The molecule has 1 atom stereocenters. The minimum Gasteiger partial charge on any atom is -0.363 e. The van der Waals surface area contributed by atoms with Crippen LogP contribution in [0.2, 0.25) is 0 Å². The summed E-state index contributed by atoms with van der Waals surface area (Å²) in [5.74, 6) is -0.413. The summed E-state index contributed by atoms with van der Waals surface area (Å²) in [6, 6.07) is 14.3. The van der Waals surface area contributed by atoms with Crippen molar-refractivity contribution in [3.8, 4) is 0 Å². The fraction of sp³-hybridized carbons (Fsp3) is 0.222. The van der Waals surface area contributed by atoms with Gasteiger partial charge in [-0.25, -0.2) is 5.01 Å². The van der Waals surface area contributed by atoms with E-state index >= 15 is 0 Å². The topological polar surface area (TPSA) is 61.4 Å². The Morgan fingerprint density at radius 1 is 1.17 bits per heavy atom. The molecule has 2 aromatic rings. The molecule has 2 amide bonds. The van der Waals surface area contributed by atoms with Crippen LogP contribution in [0.3, 0.4) is 0 Å². The summed E-state index contributed by atoms with van der Waals surface area (Å²) < 4.78 is 0.892. The van der Waals surface area contributed by atoms with E-state index in [0.29, 0.717) is 11.1 Å². The number of carbonyl (C=O) groups is 2. The number of nitrogens with zero attached hydrogens (tertiary/aromatic N) is 1. The van der Waals surface area contributed by atoms with Crippen LogP contribution in [0.25, 0.3) is 0 Å². The number of rotatable bonds is 3. The van der Waals surface area contributed by atoms with Gasteiger partial charge in [0.25, 0.3) is 11.8 Å². The molecule has 1 aliphatic rings. The standard InChI is InChI=1S/C18H18BrN3O2/c1-11(2)16-20-15-6-4-3-5-14(15)18(24)22(16)21-17(23)12-7-9-13(19)10-8-12/h3-11,16,20H,1-2H3,(H,21,23). The lowest BCUT2D eigenvalue weighted by atomic mass is 10.0. The highest BCUT2D eigenvalue weighted by molar-refractivity contribution is 9.10. The van der Waals surface area contributed by atoms with Crippen LogP contribution < -0.4 is 10.7 Å². The van der Waals surface area contributed by atoms with Crippen molar-refractivity contribution in [3.05, 3.63) is 64.1 Å². The Morgan fingerprint density at radius 3 is 2.50 bits per heavy atom. The highest BCUT2D eigenvalue weighted by Crippen LogP contribution is 2.27. The van der Waals surface area contributed by atoms with E-state index in [1.165, 1.54) is 5.01 Å². The van der Waals surface area contributed by atoms with Crippen molar-refractivity contribution >= 4 is 33.4 Å². The lowest BCUT2D eigenvalue weighted by molar-refractivity contribution is 0.0439. The van der Waals surface area contributed by atoms with Crippen LogP contribution in [0.4, 0.5) is 5.69 Å². The molecule has 0 spiro atoms. The first-order valence-corrected chi connectivity index (χ1v) is 8.52. The second-order valence-electron chi connectivity index (χ2n) is 6.00. The monoisotopic (exact) mass is 387 g/mol. The number of para-hydroxylation sites is 1.